The Morgan fingerprint density at radius 2 is 1.95 bits per heavy atom. The lowest BCUT2D eigenvalue weighted by molar-refractivity contribution is 0.408. The summed E-state index contributed by atoms with van der Waals surface area (Å²) in [5.41, 5.74) is 3.56. The first-order valence-corrected chi connectivity index (χ1v) is 7.36. The molecule has 0 aliphatic carbocycles. The van der Waals surface area contributed by atoms with Crippen molar-refractivity contribution in [1.29, 1.82) is 0 Å². The van der Waals surface area contributed by atoms with Gasteiger partial charge < -0.3 is 4.74 Å². The van der Waals surface area contributed by atoms with Crippen LogP contribution < -0.4 is 4.74 Å². The van der Waals surface area contributed by atoms with Gasteiger partial charge in [-0.25, -0.2) is 0 Å². The van der Waals surface area contributed by atoms with E-state index >= 15 is 0 Å². The highest BCUT2D eigenvalue weighted by Gasteiger charge is 2.15. The zero-order chi connectivity index (χ0) is 13.8. The van der Waals surface area contributed by atoms with Crippen LogP contribution in [0.25, 0.3) is 0 Å². The molecule has 0 fully saturated rings. The largest absolute Gasteiger partial charge is 0.496 e. The van der Waals surface area contributed by atoms with Crippen LogP contribution in [0, 0.1) is 6.92 Å². The van der Waals surface area contributed by atoms with E-state index in [0.29, 0.717) is 0 Å². The van der Waals surface area contributed by atoms with Crippen LogP contribution in [0.1, 0.15) is 22.1 Å². The first kappa shape index (κ1) is 14.4. The van der Waals surface area contributed by atoms with Gasteiger partial charge >= 0.3 is 0 Å². The van der Waals surface area contributed by atoms with Gasteiger partial charge in [-0.05, 0) is 36.6 Å². The summed E-state index contributed by atoms with van der Waals surface area (Å²) in [5.74, 6) is 0.822. The molecule has 19 heavy (non-hydrogen) atoms. The fourth-order valence-electron chi connectivity index (χ4n) is 2.09. The molecule has 1 nitrogen and oxygen atoms in total. The molecule has 0 amide bonds. The van der Waals surface area contributed by atoms with Crippen molar-refractivity contribution in [3.63, 3.8) is 0 Å². The van der Waals surface area contributed by atoms with E-state index in [1.807, 2.05) is 30.3 Å². The molecule has 0 heterocycles. The van der Waals surface area contributed by atoms with Gasteiger partial charge in [-0.2, -0.15) is 0 Å². The molecule has 2 rings (SSSR count). The van der Waals surface area contributed by atoms with Crippen LogP contribution >= 0.6 is 27.5 Å². The van der Waals surface area contributed by atoms with Crippen molar-refractivity contribution in [2.24, 2.45) is 0 Å². The fourth-order valence-corrected chi connectivity index (χ4v) is 2.77. The van der Waals surface area contributed by atoms with Crippen molar-refractivity contribution in [1.82, 2.24) is 0 Å². The van der Waals surface area contributed by atoms with E-state index < -0.39 is 0 Å². The Labute approximate surface area is 127 Å². The van der Waals surface area contributed by atoms with Crippen molar-refractivity contribution in [3.8, 4) is 5.75 Å². The van der Waals surface area contributed by atoms with Crippen molar-refractivity contribution in [2.75, 3.05) is 7.11 Å². The van der Waals surface area contributed by atoms with E-state index in [2.05, 4.69) is 35.0 Å². The van der Waals surface area contributed by atoms with Crippen molar-refractivity contribution < 1.29 is 4.74 Å². The second kappa shape index (κ2) is 6.44. The molecular formula is C16H16BrClO. The Morgan fingerprint density at radius 1 is 1.21 bits per heavy atom. The summed E-state index contributed by atoms with van der Waals surface area (Å²) >= 11 is 10.00. The Balaban J connectivity index is 2.25. The average Bonchev–Trinajstić information content (AvgIpc) is 2.41. The molecule has 0 saturated carbocycles. The fraction of sp³-hybridized carbons (Fsp3) is 0.250. The van der Waals surface area contributed by atoms with Crippen LogP contribution in [-0.4, -0.2) is 7.11 Å². The first-order chi connectivity index (χ1) is 9.11. The van der Waals surface area contributed by atoms with Crippen LogP contribution in [0.2, 0.25) is 0 Å². The molecule has 0 radical (unpaired) electrons. The number of hydrogen-bond donors (Lipinski definition) is 0. The molecule has 2 aromatic rings. The van der Waals surface area contributed by atoms with E-state index in [0.717, 1.165) is 22.2 Å². The molecule has 0 bridgehead atoms. The highest BCUT2D eigenvalue weighted by atomic mass is 79.9. The minimum atomic E-state index is -0.0934. The zero-order valence-electron chi connectivity index (χ0n) is 11.0. The van der Waals surface area contributed by atoms with Gasteiger partial charge in [-0.1, -0.05) is 46.3 Å². The normalized spacial score (nSPS) is 12.2. The van der Waals surface area contributed by atoms with E-state index in [4.69, 9.17) is 16.3 Å². The lowest BCUT2D eigenvalue weighted by Crippen LogP contribution is -2.00. The van der Waals surface area contributed by atoms with Crippen molar-refractivity contribution in [2.45, 2.75) is 18.7 Å². The van der Waals surface area contributed by atoms with E-state index in [-0.39, 0.29) is 5.38 Å². The third-order valence-electron chi connectivity index (χ3n) is 3.19. The standard InChI is InChI=1S/C16H16BrClO/c1-11-5-3-4-6-12(11)9-15(18)14-8-7-13(17)10-16(14)19-2/h3-8,10,15H,9H2,1-2H3. The average molecular weight is 340 g/mol. The summed E-state index contributed by atoms with van der Waals surface area (Å²) in [5, 5.41) is -0.0934. The highest BCUT2D eigenvalue weighted by Crippen LogP contribution is 2.34. The van der Waals surface area contributed by atoms with E-state index in [9.17, 15) is 0 Å². The topological polar surface area (TPSA) is 9.23 Å². The quantitative estimate of drug-likeness (QED) is 0.688. The Bertz CT molecular complexity index is 568. The van der Waals surface area contributed by atoms with Crippen LogP contribution in [0.3, 0.4) is 0 Å². The van der Waals surface area contributed by atoms with Gasteiger partial charge in [0.1, 0.15) is 5.75 Å². The number of ether oxygens (including phenoxy) is 1. The minimum Gasteiger partial charge on any atom is -0.496 e. The number of methoxy groups -OCH3 is 1. The first-order valence-electron chi connectivity index (χ1n) is 6.14. The summed E-state index contributed by atoms with van der Waals surface area (Å²) in [7, 11) is 1.67. The summed E-state index contributed by atoms with van der Waals surface area (Å²) in [6, 6.07) is 14.3. The molecular weight excluding hydrogens is 324 g/mol. The number of benzene rings is 2. The third kappa shape index (κ3) is 3.52. The van der Waals surface area contributed by atoms with Crippen LogP contribution in [0.4, 0.5) is 0 Å². The third-order valence-corrected chi connectivity index (χ3v) is 4.08. The second-order valence-electron chi connectivity index (χ2n) is 4.48. The van der Waals surface area contributed by atoms with Gasteiger partial charge in [0.25, 0.3) is 0 Å². The molecule has 100 valence electrons. The van der Waals surface area contributed by atoms with Crippen LogP contribution in [-0.2, 0) is 6.42 Å². The summed E-state index contributed by atoms with van der Waals surface area (Å²) in [6.07, 6.45) is 0.798. The monoisotopic (exact) mass is 338 g/mol. The molecule has 0 saturated heterocycles. The molecule has 1 unspecified atom stereocenters. The predicted octanol–water partition coefficient (Wildman–Crippen LogP) is 5.29. The molecule has 0 spiro atoms. The van der Waals surface area contributed by atoms with Crippen LogP contribution in [0.5, 0.6) is 5.75 Å². The summed E-state index contributed by atoms with van der Waals surface area (Å²) in [6.45, 7) is 2.11. The molecule has 2 aromatic carbocycles. The van der Waals surface area contributed by atoms with Crippen molar-refractivity contribution >= 4 is 27.5 Å². The number of alkyl halides is 1. The Kier molecular flexibility index (Phi) is 4.89. The Morgan fingerprint density at radius 3 is 2.63 bits per heavy atom. The summed E-state index contributed by atoms with van der Waals surface area (Å²) < 4.78 is 6.39. The van der Waals surface area contributed by atoms with Crippen molar-refractivity contribution in [3.05, 3.63) is 63.6 Å². The smallest absolute Gasteiger partial charge is 0.124 e. The molecule has 3 heteroatoms. The Hall–Kier alpha value is -0.990. The van der Waals surface area contributed by atoms with E-state index in [1.165, 1.54) is 11.1 Å². The van der Waals surface area contributed by atoms with Gasteiger partial charge in [-0.15, -0.1) is 11.6 Å². The van der Waals surface area contributed by atoms with Gasteiger partial charge in [0.05, 0.1) is 12.5 Å². The SMILES string of the molecule is COc1cc(Br)ccc1C(Cl)Cc1ccccc1C. The molecule has 0 aromatic heterocycles. The number of aryl methyl sites for hydroxylation is 1. The minimum absolute atomic E-state index is 0.0934. The molecule has 1 atom stereocenters. The molecule has 0 N–H and O–H groups in total. The molecule has 0 aliphatic rings. The lowest BCUT2D eigenvalue weighted by Gasteiger charge is -2.15. The maximum absolute atomic E-state index is 6.55. The van der Waals surface area contributed by atoms with Gasteiger partial charge in [-0.3, -0.25) is 0 Å². The summed E-state index contributed by atoms with van der Waals surface area (Å²) in [4.78, 5) is 0. The van der Waals surface area contributed by atoms with Gasteiger partial charge in [0.15, 0.2) is 0 Å². The number of halogens is 2. The highest BCUT2D eigenvalue weighted by molar-refractivity contribution is 9.10. The molecule has 0 aliphatic heterocycles. The van der Waals surface area contributed by atoms with Gasteiger partial charge in [0.2, 0.25) is 0 Å². The maximum Gasteiger partial charge on any atom is 0.124 e. The number of rotatable bonds is 4. The zero-order valence-corrected chi connectivity index (χ0v) is 13.3. The predicted molar refractivity (Wildman–Crippen MR) is 84.2 cm³/mol. The second-order valence-corrected chi connectivity index (χ2v) is 5.93. The van der Waals surface area contributed by atoms with Gasteiger partial charge in [0, 0.05) is 10.0 Å². The van der Waals surface area contributed by atoms with E-state index in [1.54, 1.807) is 7.11 Å². The maximum atomic E-state index is 6.55. The number of hydrogen-bond acceptors (Lipinski definition) is 1. The van der Waals surface area contributed by atoms with Crippen LogP contribution in [0.15, 0.2) is 46.9 Å². The lowest BCUT2D eigenvalue weighted by atomic mass is 10.00.